The molecule has 0 bridgehead atoms. The first-order chi connectivity index (χ1) is 12.1. The summed E-state index contributed by atoms with van der Waals surface area (Å²) in [6.45, 7) is 5.06. The Kier molecular flexibility index (Phi) is 4.58. The number of ether oxygens (including phenoxy) is 1. The standard InChI is InChI=1S/C19H26N4O2/c1-19(24)9-11-25-14-17(19)18-8-5-10-22(18)13-15-12-20-23(21-15)16-6-3-2-4-7-16/h2-4,6-7,12,17-18,24H,5,8-11,13-14H2,1H3/t17-,18+,19-/m0/s1. The molecule has 2 aliphatic rings. The van der Waals surface area contributed by atoms with Gasteiger partial charge in [-0.1, -0.05) is 18.2 Å². The van der Waals surface area contributed by atoms with E-state index in [9.17, 15) is 5.11 Å². The zero-order valence-electron chi connectivity index (χ0n) is 14.7. The minimum absolute atomic E-state index is 0.160. The Bertz CT molecular complexity index is 700. The molecule has 0 aliphatic carbocycles. The highest BCUT2D eigenvalue weighted by molar-refractivity contribution is 5.28. The van der Waals surface area contributed by atoms with Crippen LogP contribution in [-0.4, -0.2) is 56.4 Å². The molecule has 0 saturated carbocycles. The predicted octanol–water partition coefficient (Wildman–Crippen LogP) is 2.02. The summed E-state index contributed by atoms with van der Waals surface area (Å²) in [5.74, 6) is 0.160. The van der Waals surface area contributed by atoms with Gasteiger partial charge in [0.05, 0.1) is 29.8 Å². The lowest BCUT2D eigenvalue weighted by Gasteiger charge is -2.43. The van der Waals surface area contributed by atoms with Crippen molar-refractivity contribution in [1.29, 1.82) is 0 Å². The summed E-state index contributed by atoms with van der Waals surface area (Å²) in [7, 11) is 0. The van der Waals surface area contributed by atoms with E-state index in [0.717, 1.165) is 37.3 Å². The minimum atomic E-state index is -0.646. The molecule has 4 rings (SSSR count). The van der Waals surface area contributed by atoms with Crippen LogP contribution < -0.4 is 0 Å². The molecule has 134 valence electrons. The van der Waals surface area contributed by atoms with Gasteiger partial charge in [0.1, 0.15) is 0 Å². The number of likely N-dealkylation sites (tertiary alicyclic amines) is 1. The van der Waals surface area contributed by atoms with Gasteiger partial charge in [0.25, 0.3) is 0 Å². The minimum Gasteiger partial charge on any atom is -0.390 e. The highest BCUT2D eigenvalue weighted by Gasteiger charge is 2.44. The number of hydrogen-bond acceptors (Lipinski definition) is 5. The second kappa shape index (κ2) is 6.86. The highest BCUT2D eigenvalue weighted by Crippen LogP contribution is 2.36. The summed E-state index contributed by atoms with van der Waals surface area (Å²) < 4.78 is 5.67. The van der Waals surface area contributed by atoms with Crippen LogP contribution >= 0.6 is 0 Å². The summed E-state index contributed by atoms with van der Waals surface area (Å²) >= 11 is 0. The van der Waals surface area contributed by atoms with E-state index in [4.69, 9.17) is 4.74 Å². The average molecular weight is 342 g/mol. The third kappa shape index (κ3) is 3.47. The molecule has 0 spiro atoms. The Morgan fingerprint density at radius 2 is 2.16 bits per heavy atom. The zero-order valence-corrected chi connectivity index (χ0v) is 14.7. The third-order valence-corrected chi connectivity index (χ3v) is 5.62. The molecule has 2 aliphatic heterocycles. The molecule has 1 aromatic carbocycles. The van der Waals surface area contributed by atoms with Crippen LogP contribution in [-0.2, 0) is 11.3 Å². The monoisotopic (exact) mass is 342 g/mol. The van der Waals surface area contributed by atoms with Crippen molar-refractivity contribution in [2.75, 3.05) is 19.8 Å². The summed E-state index contributed by atoms with van der Waals surface area (Å²) in [6, 6.07) is 10.3. The lowest BCUT2D eigenvalue weighted by atomic mass is 9.79. The third-order valence-electron chi connectivity index (χ3n) is 5.62. The summed E-state index contributed by atoms with van der Waals surface area (Å²) in [6.07, 6.45) is 4.82. The van der Waals surface area contributed by atoms with E-state index in [2.05, 4.69) is 15.1 Å². The highest BCUT2D eigenvalue weighted by atomic mass is 16.5. The fraction of sp³-hybridized carbons (Fsp3) is 0.579. The molecule has 2 saturated heterocycles. The lowest BCUT2D eigenvalue weighted by molar-refractivity contribution is -0.123. The molecule has 1 aromatic heterocycles. The number of aliphatic hydroxyl groups is 1. The van der Waals surface area contributed by atoms with Crippen molar-refractivity contribution >= 4 is 0 Å². The van der Waals surface area contributed by atoms with Gasteiger partial charge < -0.3 is 9.84 Å². The number of nitrogens with zero attached hydrogens (tertiary/aromatic N) is 4. The van der Waals surface area contributed by atoms with Crippen molar-refractivity contribution in [3.8, 4) is 5.69 Å². The van der Waals surface area contributed by atoms with Gasteiger partial charge in [0.15, 0.2) is 0 Å². The largest absolute Gasteiger partial charge is 0.390 e. The molecular weight excluding hydrogens is 316 g/mol. The Hall–Kier alpha value is -1.76. The number of para-hydroxylation sites is 1. The van der Waals surface area contributed by atoms with Crippen molar-refractivity contribution in [1.82, 2.24) is 19.9 Å². The predicted molar refractivity (Wildman–Crippen MR) is 94.3 cm³/mol. The van der Waals surface area contributed by atoms with E-state index >= 15 is 0 Å². The van der Waals surface area contributed by atoms with Crippen molar-refractivity contribution in [3.63, 3.8) is 0 Å². The first kappa shape index (κ1) is 16.7. The van der Waals surface area contributed by atoms with Crippen LogP contribution in [0.15, 0.2) is 36.5 Å². The molecular formula is C19H26N4O2. The number of aromatic nitrogens is 3. The first-order valence-electron chi connectivity index (χ1n) is 9.14. The van der Waals surface area contributed by atoms with E-state index in [-0.39, 0.29) is 5.92 Å². The van der Waals surface area contributed by atoms with Crippen molar-refractivity contribution < 1.29 is 9.84 Å². The molecule has 0 unspecified atom stereocenters. The zero-order chi connectivity index (χ0) is 17.3. The van der Waals surface area contributed by atoms with Gasteiger partial charge in [0.2, 0.25) is 0 Å². The molecule has 6 nitrogen and oxygen atoms in total. The average Bonchev–Trinajstić information content (AvgIpc) is 3.25. The molecule has 2 fully saturated rings. The number of rotatable bonds is 4. The fourth-order valence-electron chi connectivity index (χ4n) is 4.14. The number of benzene rings is 1. The maximum Gasteiger partial charge on any atom is 0.0971 e. The van der Waals surface area contributed by atoms with Gasteiger partial charge in [0, 0.05) is 25.1 Å². The van der Waals surface area contributed by atoms with Gasteiger partial charge >= 0.3 is 0 Å². The van der Waals surface area contributed by atoms with Crippen LogP contribution in [0, 0.1) is 5.92 Å². The summed E-state index contributed by atoms with van der Waals surface area (Å²) in [5.41, 5.74) is 1.29. The van der Waals surface area contributed by atoms with Crippen LogP contribution in [0.25, 0.3) is 5.69 Å². The van der Waals surface area contributed by atoms with Crippen LogP contribution in [0.2, 0.25) is 0 Å². The Morgan fingerprint density at radius 3 is 2.96 bits per heavy atom. The van der Waals surface area contributed by atoms with Crippen LogP contribution in [0.4, 0.5) is 0 Å². The quantitative estimate of drug-likeness (QED) is 0.921. The van der Waals surface area contributed by atoms with Crippen molar-refractivity contribution in [2.45, 2.75) is 44.4 Å². The Morgan fingerprint density at radius 1 is 1.32 bits per heavy atom. The van der Waals surface area contributed by atoms with Gasteiger partial charge in [-0.3, -0.25) is 4.90 Å². The first-order valence-corrected chi connectivity index (χ1v) is 9.14. The topological polar surface area (TPSA) is 63.4 Å². The van der Waals surface area contributed by atoms with E-state index in [1.165, 1.54) is 0 Å². The molecule has 6 heteroatoms. The number of hydrogen-bond donors (Lipinski definition) is 1. The van der Waals surface area contributed by atoms with Gasteiger partial charge in [-0.2, -0.15) is 15.0 Å². The van der Waals surface area contributed by atoms with Gasteiger partial charge in [-0.05, 0) is 44.9 Å². The second-order valence-electron chi connectivity index (χ2n) is 7.43. The second-order valence-corrected chi connectivity index (χ2v) is 7.43. The van der Waals surface area contributed by atoms with Crippen molar-refractivity contribution in [3.05, 3.63) is 42.2 Å². The molecule has 1 N–H and O–H groups in total. The van der Waals surface area contributed by atoms with Gasteiger partial charge in [-0.25, -0.2) is 0 Å². The Balaban J connectivity index is 1.48. The molecule has 0 amide bonds. The smallest absolute Gasteiger partial charge is 0.0971 e. The Labute approximate surface area is 148 Å². The maximum atomic E-state index is 10.8. The molecule has 25 heavy (non-hydrogen) atoms. The van der Waals surface area contributed by atoms with E-state index in [0.29, 0.717) is 25.7 Å². The fourth-order valence-corrected chi connectivity index (χ4v) is 4.14. The van der Waals surface area contributed by atoms with E-state index < -0.39 is 5.60 Å². The summed E-state index contributed by atoms with van der Waals surface area (Å²) in [4.78, 5) is 4.12. The van der Waals surface area contributed by atoms with E-state index in [1.54, 1.807) is 4.80 Å². The van der Waals surface area contributed by atoms with E-state index in [1.807, 2.05) is 43.5 Å². The molecule has 2 aromatic rings. The van der Waals surface area contributed by atoms with Crippen LogP contribution in [0.5, 0.6) is 0 Å². The maximum absolute atomic E-state index is 10.8. The lowest BCUT2D eigenvalue weighted by Crippen LogP contribution is -2.52. The molecule has 3 atom stereocenters. The van der Waals surface area contributed by atoms with Crippen LogP contribution in [0.3, 0.4) is 0 Å². The SMILES string of the molecule is C[C@]1(O)CCOC[C@H]1[C@H]1CCCN1Cc1cnn(-c2ccccc2)n1. The van der Waals surface area contributed by atoms with Crippen LogP contribution in [0.1, 0.15) is 31.9 Å². The normalized spacial score (nSPS) is 30.6. The molecule has 0 radical (unpaired) electrons. The summed E-state index contributed by atoms with van der Waals surface area (Å²) in [5, 5.41) is 19.8. The van der Waals surface area contributed by atoms with Crippen molar-refractivity contribution in [2.24, 2.45) is 5.92 Å². The molecule has 3 heterocycles. The van der Waals surface area contributed by atoms with Gasteiger partial charge in [-0.15, -0.1) is 0 Å².